The molecule has 1 saturated carbocycles. The summed E-state index contributed by atoms with van der Waals surface area (Å²) >= 11 is 0. The van der Waals surface area contributed by atoms with Crippen molar-refractivity contribution >= 4 is 5.82 Å². The summed E-state index contributed by atoms with van der Waals surface area (Å²) in [5, 5.41) is 2.94. The average Bonchev–Trinajstić information content (AvgIpc) is 2.72. The molecule has 0 amide bonds. The fraction of sp³-hybridized carbons (Fsp3) is 0.583. The topological polar surface area (TPSA) is 50.9 Å². The Morgan fingerprint density at radius 3 is 2.78 bits per heavy atom. The van der Waals surface area contributed by atoms with Gasteiger partial charge in [0.2, 0.25) is 0 Å². The van der Waals surface area contributed by atoms with E-state index in [-0.39, 0.29) is 11.9 Å². The number of anilines is 1. The summed E-state index contributed by atoms with van der Waals surface area (Å²) in [7, 11) is 0. The van der Waals surface area contributed by atoms with E-state index in [0.29, 0.717) is 12.5 Å². The van der Waals surface area contributed by atoms with E-state index in [4.69, 9.17) is 5.73 Å². The third-order valence-corrected chi connectivity index (χ3v) is 3.35. The molecule has 1 aromatic heterocycles. The number of hydrogen-bond acceptors (Lipinski definition) is 3. The van der Waals surface area contributed by atoms with Crippen LogP contribution in [0.5, 0.6) is 0 Å². The Hall–Kier alpha value is -1.30. The van der Waals surface area contributed by atoms with Crippen molar-refractivity contribution in [3.63, 3.8) is 0 Å². The summed E-state index contributed by atoms with van der Waals surface area (Å²) in [6.45, 7) is 0.579. The molecule has 18 heavy (non-hydrogen) atoms. The zero-order valence-corrected chi connectivity index (χ0v) is 9.87. The van der Waals surface area contributed by atoms with Crippen molar-refractivity contribution in [2.24, 2.45) is 11.7 Å². The molecule has 1 fully saturated rings. The van der Waals surface area contributed by atoms with Crippen molar-refractivity contribution in [3.8, 4) is 0 Å². The lowest BCUT2D eigenvalue weighted by Gasteiger charge is -2.16. The molecule has 0 aromatic carbocycles. The number of rotatable bonds is 3. The molecule has 2 atom stereocenters. The predicted molar refractivity (Wildman–Crippen MR) is 63.0 cm³/mol. The molecule has 3 N–H and O–H groups in total. The number of alkyl halides is 3. The molecule has 0 spiro atoms. The first kappa shape index (κ1) is 13.1. The van der Waals surface area contributed by atoms with E-state index in [9.17, 15) is 13.2 Å². The van der Waals surface area contributed by atoms with Crippen LogP contribution in [-0.4, -0.2) is 17.6 Å². The van der Waals surface area contributed by atoms with Crippen LogP contribution in [0.1, 0.15) is 24.8 Å². The van der Waals surface area contributed by atoms with E-state index in [2.05, 4.69) is 10.3 Å². The van der Waals surface area contributed by atoms with E-state index in [0.717, 1.165) is 31.4 Å². The summed E-state index contributed by atoms with van der Waals surface area (Å²) in [6.07, 6.45) is -0.0676. The summed E-state index contributed by atoms with van der Waals surface area (Å²) < 4.78 is 37.5. The lowest BCUT2D eigenvalue weighted by atomic mass is 10.0. The van der Waals surface area contributed by atoms with Crippen LogP contribution < -0.4 is 11.1 Å². The molecule has 100 valence electrons. The number of pyridine rings is 1. The maximum absolute atomic E-state index is 12.5. The minimum atomic E-state index is -4.33. The maximum Gasteiger partial charge on any atom is 0.416 e. The van der Waals surface area contributed by atoms with Gasteiger partial charge in [0.25, 0.3) is 0 Å². The number of nitrogens with one attached hydrogen (secondary N) is 1. The van der Waals surface area contributed by atoms with Crippen LogP contribution in [0, 0.1) is 5.92 Å². The minimum Gasteiger partial charge on any atom is -0.370 e. The van der Waals surface area contributed by atoms with Crippen LogP contribution in [0.15, 0.2) is 18.3 Å². The van der Waals surface area contributed by atoms with Gasteiger partial charge in [-0.1, -0.05) is 6.42 Å². The fourth-order valence-electron chi connectivity index (χ4n) is 2.26. The zero-order valence-electron chi connectivity index (χ0n) is 9.87. The highest BCUT2D eigenvalue weighted by atomic mass is 19.4. The molecule has 6 heteroatoms. The van der Waals surface area contributed by atoms with Gasteiger partial charge in [-0.3, -0.25) is 0 Å². The van der Waals surface area contributed by atoms with E-state index >= 15 is 0 Å². The second-order valence-corrected chi connectivity index (χ2v) is 4.66. The largest absolute Gasteiger partial charge is 0.416 e. The van der Waals surface area contributed by atoms with Gasteiger partial charge < -0.3 is 11.1 Å². The number of aromatic nitrogens is 1. The van der Waals surface area contributed by atoms with Gasteiger partial charge in [-0.15, -0.1) is 0 Å². The summed E-state index contributed by atoms with van der Waals surface area (Å²) in [4.78, 5) is 3.89. The molecular formula is C12H16F3N3. The van der Waals surface area contributed by atoms with Gasteiger partial charge >= 0.3 is 6.18 Å². The molecule has 0 aliphatic heterocycles. The lowest BCUT2D eigenvalue weighted by Crippen LogP contribution is -2.29. The van der Waals surface area contributed by atoms with Crippen LogP contribution in [0.2, 0.25) is 0 Å². The number of hydrogen-bond donors (Lipinski definition) is 2. The van der Waals surface area contributed by atoms with Crippen LogP contribution >= 0.6 is 0 Å². The number of nitrogens with zero attached hydrogens (tertiary/aromatic N) is 1. The Kier molecular flexibility index (Phi) is 3.75. The molecule has 3 nitrogen and oxygen atoms in total. The van der Waals surface area contributed by atoms with Gasteiger partial charge in [-0.25, -0.2) is 4.98 Å². The van der Waals surface area contributed by atoms with E-state index in [1.165, 1.54) is 6.20 Å². The predicted octanol–water partition coefficient (Wildman–Crippen LogP) is 2.64. The summed E-state index contributed by atoms with van der Waals surface area (Å²) in [6, 6.07) is 2.13. The normalized spacial score (nSPS) is 24.2. The van der Waals surface area contributed by atoms with Crippen molar-refractivity contribution in [2.75, 3.05) is 11.9 Å². The van der Waals surface area contributed by atoms with E-state index < -0.39 is 11.7 Å². The van der Waals surface area contributed by atoms with Gasteiger partial charge in [0, 0.05) is 18.8 Å². The van der Waals surface area contributed by atoms with Crippen LogP contribution in [-0.2, 0) is 6.18 Å². The van der Waals surface area contributed by atoms with E-state index in [1.54, 1.807) is 0 Å². The Morgan fingerprint density at radius 2 is 2.17 bits per heavy atom. The van der Waals surface area contributed by atoms with Crippen LogP contribution in [0.4, 0.5) is 19.0 Å². The highest BCUT2D eigenvalue weighted by Crippen LogP contribution is 2.30. The van der Waals surface area contributed by atoms with Gasteiger partial charge in [0.15, 0.2) is 0 Å². The summed E-state index contributed by atoms with van der Waals surface area (Å²) in [5.74, 6) is 0.574. The maximum atomic E-state index is 12.5. The van der Waals surface area contributed by atoms with Crippen LogP contribution in [0.25, 0.3) is 0 Å². The highest BCUT2D eigenvalue weighted by Gasteiger charge is 2.31. The van der Waals surface area contributed by atoms with Gasteiger partial charge in [-0.2, -0.15) is 13.2 Å². The average molecular weight is 259 g/mol. The molecule has 1 aliphatic rings. The van der Waals surface area contributed by atoms with Crippen molar-refractivity contribution < 1.29 is 13.2 Å². The Labute approximate surface area is 104 Å². The van der Waals surface area contributed by atoms with Gasteiger partial charge in [0.05, 0.1) is 5.56 Å². The third kappa shape index (κ3) is 3.13. The first-order chi connectivity index (χ1) is 8.47. The molecule has 0 saturated heterocycles. The first-order valence-corrected chi connectivity index (χ1v) is 5.99. The highest BCUT2D eigenvalue weighted by molar-refractivity contribution is 5.38. The molecule has 1 heterocycles. The Balaban J connectivity index is 1.97. The summed E-state index contributed by atoms with van der Waals surface area (Å²) in [5.41, 5.74) is 5.22. The van der Waals surface area contributed by atoms with Gasteiger partial charge in [0.1, 0.15) is 5.82 Å². The standard InChI is InChI=1S/C12H16F3N3/c13-12(14,15)9-4-5-17-11(6-9)18-7-8-2-1-3-10(8)16/h4-6,8,10H,1-3,7,16H2,(H,17,18). The van der Waals surface area contributed by atoms with Crippen LogP contribution in [0.3, 0.4) is 0 Å². The quantitative estimate of drug-likeness (QED) is 0.877. The molecule has 0 radical (unpaired) electrons. The molecule has 2 unspecified atom stereocenters. The smallest absolute Gasteiger partial charge is 0.370 e. The number of nitrogens with two attached hydrogens (primary N) is 1. The molecule has 1 aliphatic carbocycles. The zero-order chi connectivity index (χ0) is 13.2. The van der Waals surface area contributed by atoms with Crippen molar-refractivity contribution in [1.82, 2.24) is 4.98 Å². The molecule has 0 bridgehead atoms. The Bertz CT molecular complexity index is 406. The van der Waals surface area contributed by atoms with Crippen molar-refractivity contribution in [3.05, 3.63) is 23.9 Å². The number of halogens is 3. The SMILES string of the molecule is NC1CCCC1CNc1cc(C(F)(F)F)ccn1. The monoisotopic (exact) mass is 259 g/mol. The first-order valence-electron chi connectivity index (χ1n) is 5.99. The second kappa shape index (κ2) is 5.14. The second-order valence-electron chi connectivity index (χ2n) is 4.66. The van der Waals surface area contributed by atoms with Crippen molar-refractivity contribution in [2.45, 2.75) is 31.5 Å². The third-order valence-electron chi connectivity index (χ3n) is 3.35. The molecule has 1 aromatic rings. The fourth-order valence-corrected chi connectivity index (χ4v) is 2.26. The molecule has 2 rings (SSSR count). The van der Waals surface area contributed by atoms with E-state index in [1.807, 2.05) is 0 Å². The van der Waals surface area contributed by atoms with Gasteiger partial charge in [-0.05, 0) is 30.9 Å². The molecular weight excluding hydrogens is 243 g/mol. The Morgan fingerprint density at radius 1 is 1.39 bits per heavy atom. The lowest BCUT2D eigenvalue weighted by molar-refractivity contribution is -0.137. The van der Waals surface area contributed by atoms with Crippen molar-refractivity contribution in [1.29, 1.82) is 0 Å². The minimum absolute atomic E-state index is 0.142.